The minimum absolute atomic E-state index is 0.418. The van der Waals surface area contributed by atoms with Gasteiger partial charge in [0, 0.05) is 11.6 Å². The van der Waals surface area contributed by atoms with Crippen LogP contribution >= 0.6 is 15.9 Å². The number of hydrogen-bond donors (Lipinski definition) is 1. The van der Waals surface area contributed by atoms with Crippen molar-refractivity contribution in [3.8, 4) is 0 Å². The fraction of sp³-hybridized carbons (Fsp3) is 0.308. The van der Waals surface area contributed by atoms with E-state index in [2.05, 4.69) is 31.2 Å². The summed E-state index contributed by atoms with van der Waals surface area (Å²) in [6, 6.07) is 5.47. The molecule has 6 heteroatoms. The van der Waals surface area contributed by atoms with Gasteiger partial charge in [-0.15, -0.1) is 0 Å². The minimum Gasteiger partial charge on any atom is -0.444 e. The monoisotopic (exact) mass is 323 g/mol. The summed E-state index contributed by atoms with van der Waals surface area (Å²) in [7, 11) is 0. The van der Waals surface area contributed by atoms with Crippen LogP contribution in [-0.2, 0) is 4.74 Å². The molecule has 0 spiro atoms. The van der Waals surface area contributed by atoms with Crippen LogP contribution in [0.25, 0.3) is 10.9 Å². The number of hydrogen-bond acceptors (Lipinski definition) is 4. The van der Waals surface area contributed by atoms with E-state index in [-0.39, 0.29) is 0 Å². The van der Waals surface area contributed by atoms with Gasteiger partial charge in [0.15, 0.2) is 0 Å². The second-order valence-corrected chi connectivity index (χ2v) is 5.75. The summed E-state index contributed by atoms with van der Waals surface area (Å²) in [5, 5.41) is 3.49. The summed E-state index contributed by atoms with van der Waals surface area (Å²) in [6.07, 6.45) is 1.16. The minimum atomic E-state index is -0.542. The van der Waals surface area contributed by atoms with Gasteiger partial charge in [0.1, 0.15) is 21.5 Å². The van der Waals surface area contributed by atoms with Crippen molar-refractivity contribution in [1.29, 1.82) is 0 Å². The third-order valence-electron chi connectivity index (χ3n) is 2.17. The van der Waals surface area contributed by atoms with Crippen LogP contribution in [0.15, 0.2) is 29.0 Å². The molecule has 0 fully saturated rings. The SMILES string of the molecule is CC(C)(C)OC(=O)Nc1cc2cccnc2c(Br)n1. The largest absolute Gasteiger partial charge is 0.444 e. The maximum atomic E-state index is 11.7. The number of nitrogens with zero attached hydrogens (tertiary/aromatic N) is 2. The van der Waals surface area contributed by atoms with Gasteiger partial charge >= 0.3 is 6.09 Å². The fourth-order valence-corrected chi connectivity index (χ4v) is 2.04. The lowest BCUT2D eigenvalue weighted by molar-refractivity contribution is 0.0635. The van der Waals surface area contributed by atoms with E-state index in [0.717, 1.165) is 10.9 Å². The van der Waals surface area contributed by atoms with Crippen molar-refractivity contribution < 1.29 is 9.53 Å². The summed E-state index contributed by atoms with van der Waals surface area (Å²) in [5.74, 6) is 0.418. The summed E-state index contributed by atoms with van der Waals surface area (Å²) >= 11 is 3.33. The van der Waals surface area contributed by atoms with E-state index < -0.39 is 11.7 Å². The Morgan fingerprint density at radius 2 is 2.16 bits per heavy atom. The van der Waals surface area contributed by atoms with Crippen LogP contribution in [0, 0.1) is 0 Å². The molecule has 5 nitrogen and oxygen atoms in total. The van der Waals surface area contributed by atoms with Crippen LogP contribution in [-0.4, -0.2) is 21.7 Å². The Kier molecular flexibility index (Phi) is 3.71. The lowest BCUT2D eigenvalue weighted by Gasteiger charge is -2.19. The van der Waals surface area contributed by atoms with E-state index in [4.69, 9.17) is 4.74 Å². The van der Waals surface area contributed by atoms with Gasteiger partial charge in [-0.3, -0.25) is 10.3 Å². The van der Waals surface area contributed by atoms with E-state index in [1.165, 1.54) is 0 Å². The average molecular weight is 324 g/mol. The summed E-state index contributed by atoms with van der Waals surface area (Å²) < 4.78 is 5.75. The number of carbonyl (C=O) groups is 1. The van der Waals surface area contributed by atoms with Crippen LogP contribution in [0.1, 0.15) is 20.8 Å². The Balaban J connectivity index is 2.24. The molecule has 2 aromatic rings. The number of nitrogens with one attached hydrogen (secondary N) is 1. The van der Waals surface area contributed by atoms with Crippen LogP contribution in [0.5, 0.6) is 0 Å². The second-order valence-electron chi connectivity index (χ2n) is 5.00. The third kappa shape index (κ3) is 3.64. The molecule has 0 aliphatic heterocycles. The topological polar surface area (TPSA) is 64.1 Å². The van der Waals surface area contributed by atoms with E-state index in [1.54, 1.807) is 33.0 Å². The van der Waals surface area contributed by atoms with Crippen molar-refractivity contribution >= 4 is 38.7 Å². The number of fused-ring (bicyclic) bond motifs is 1. The molecular formula is C13H14BrN3O2. The number of carbonyl (C=O) groups excluding carboxylic acids is 1. The lowest BCUT2D eigenvalue weighted by atomic mass is 10.2. The lowest BCUT2D eigenvalue weighted by Crippen LogP contribution is -2.27. The number of pyridine rings is 2. The van der Waals surface area contributed by atoms with Gasteiger partial charge in [-0.1, -0.05) is 6.07 Å². The Morgan fingerprint density at radius 3 is 2.84 bits per heavy atom. The third-order valence-corrected chi connectivity index (χ3v) is 2.73. The van der Waals surface area contributed by atoms with Crippen molar-refractivity contribution in [1.82, 2.24) is 9.97 Å². The molecule has 0 aromatic carbocycles. The van der Waals surface area contributed by atoms with Crippen molar-refractivity contribution in [3.05, 3.63) is 29.0 Å². The van der Waals surface area contributed by atoms with E-state index in [0.29, 0.717) is 10.4 Å². The molecule has 100 valence electrons. The molecule has 1 N–H and O–H groups in total. The molecule has 0 radical (unpaired) electrons. The van der Waals surface area contributed by atoms with Crippen molar-refractivity contribution in [2.45, 2.75) is 26.4 Å². The number of aromatic nitrogens is 2. The Bertz CT molecular complexity index is 623. The smallest absolute Gasteiger partial charge is 0.413 e. The van der Waals surface area contributed by atoms with Crippen LogP contribution in [0.4, 0.5) is 10.6 Å². The van der Waals surface area contributed by atoms with E-state index in [1.807, 2.05) is 12.1 Å². The molecule has 0 atom stereocenters. The molecular weight excluding hydrogens is 310 g/mol. The van der Waals surface area contributed by atoms with Crippen molar-refractivity contribution in [2.75, 3.05) is 5.32 Å². The van der Waals surface area contributed by atoms with Crippen LogP contribution < -0.4 is 5.32 Å². The number of anilines is 1. The fourth-order valence-electron chi connectivity index (χ4n) is 1.52. The molecule has 0 unspecified atom stereocenters. The molecule has 2 rings (SSSR count). The van der Waals surface area contributed by atoms with Gasteiger partial charge < -0.3 is 4.74 Å². The highest BCUT2D eigenvalue weighted by molar-refractivity contribution is 9.10. The Labute approximate surface area is 119 Å². The number of ether oxygens (including phenoxy) is 1. The van der Waals surface area contributed by atoms with Gasteiger partial charge in [0.2, 0.25) is 0 Å². The maximum Gasteiger partial charge on any atom is 0.413 e. The predicted octanol–water partition coefficient (Wildman–Crippen LogP) is 3.74. The number of halogens is 1. The number of amides is 1. The summed E-state index contributed by atoms with van der Waals surface area (Å²) in [5.41, 5.74) is 0.205. The van der Waals surface area contributed by atoms with Gasteiger partial charge in [-0.05, 0) is 48.8 Å². The molecule has 0 aliphatic carbocycles. The Hall–Kier alpha value is -1.69. The highest BCUT2D eigenvalue weighted by atomic mass is 79.9. The first-order chi connectivity index (χ1) is 8.85. The molecule has 0 saturated heterocycles. The molecule has 0 bridgehead atoms. The van der Waals surface area contributed by atoms with Crippen LogP contribution in [0.3, 0.4) is 0 Å². The van der Waals surface area contributed by atoms with Gasteiger partial charge in [0.05, 0.1) is 0 Å². The van der Waals surface area contributed by atoms with Gasteiger partial charge in [-0.2, -0.15) is 0 Å². The summed E-state index contributed by atoms with van der Waals surface area (Å²) in [4.78, 5) is 20.1. The summed E-state index contributed by atoms with van der Waals surface area (Å²) in [6.45, 7) is 5.42. The predicted molar refractivity (Wildman–Crippen MR) is 77.1 cm³/mol. The zero-order valence-corrected chi connectivity index (χ0v) is 12.5. The first-order valence-electron chi connectivity index (χ1n) is 5.76. The zero-order valence-electron chi connectivity index (χ0n) is 10.9. The average Bonchev–Trinajstić information content (AvgIpc) is 2.26. The number of rotatable bonds is 1. The van der Waals surface area contributed by atoms with E-state index in [9.17, 15) is 4.79 Å². The molecule has 2 heterocycles. The highest BCUT2D eigenvalue weighted by Crippen LogP contribution is 2.23. The standard InChI is InChI=1S/C13H14BrN3O2/c1-13(2,3)19-12(18)17-9-7-8-5-4-6-15-10(8)11(14)16-9/h4-7H,1-3H3,(H,16,17,18). The van der Waals surface area contributed by atoms with Crippen molar-refractivity contribution in [3.63, 3.8) is 0 Å². The first kappa shape index (κ1) is 13.7. The van der Waals surface area contributed by atoms with Crippen LogP contribution in [0.2, 0.25) is 0 Å². The van der Waals surface area contributed by atoms with Crippen molar-refractivity contribution in [2.24, 2.45) is 0 Å². The molecule has 2 aromatic heterocycles. The quantitative estimate of drug-likeness (QED) is 0.812. The molecule has 1 amide bonds. The van der Waals surface area contributed by atoms with Gasteiger partial charge in [0.25, 0.3) is 0 Å². The first-order valence-corrected chi connectivity index (χ1v) is 6.56. The Morgan fingerprint density at radius 1 is 1.42 bits per heavy atom. The molecule has 0 aliphatic rings. The second kappa shape index (κ2) is 5.13. The highest BCUT2D eigenvalue weighted by Gasteiger charge is 2.17. The zero-order chi connectivity index (χ0) is 14.0. The normalized spacial score (nSPS) is 11.4. The van der Waals surface area contributed by atoms with E-state index >= 15 is 0 Å². The molecule has 19 heavy (non-hydrogen) atoms. The van der Waals surface area contributed by atoms with Gasteiger partial charge in [-0.25, -0.2) is 9.78 Å². The molecule has 0 saturated carbocycles. The maximum absolute atomic E-state index is 11.7.